The fourth-order valence-electron chi connectivity index (χ4n) is 0.995. The molecule has 4 nitrogen and oxygen atoms in total. The first-order valence-corrected chi connectivity index (χ1v) is 4.76. The third kappa shape index (κ3) is 1.40. The van der Waals surface area contributed by atoms with Crippen LogP contribution in [0.5, 0.6) is 0 Å². The number of hydrogen-bond acceptors (Lipinski definition) is 4. The number of halogens is 1. The zero-order chi connectivity index (χ0) is 9.26. The van der Waals surface area contributed by atoms with Gasteiger partial charge in [-0.1, -0.05) is 16.8 Å². The Morgan fingerprint density at radius 3 is 3.38 bits per heavy atom. The van der Waals surface area contributed by atoms with Gasteiger partial charge in [0.15, 0.2) is 10.1 Å². The Balaban J connectivity index is 2.57. The average molecular weight is 216 g/mol. The van der Waals surface area contributed by atoms with Crippen LogP contribution in [-0.2, 0) is 4.84 Å². The molecule has 0 aliphatic carbocycles. The summed E-state index contributed by atoms with van der Waals surface area (Å²) >= 11 is 7.39. The molecule has 0 amide bonds. The Kier molecular flexibility index (Phi) is 2.20. The molecule has 2 rings (SSSR count). The topological polar surface area (TPSA) is 38.9 Å². The smallest absolute Gasteiger partial charge is 0.195 e. The predicted octanol–water partition coefficient (Wildman–Crippen LogP) is 2.03. The molecule has 2 aromatic heterocycles. The van der Waals surface area contributed by atoms with E-state index in [0.29, 0.717) is 5.15 Å². The standard InChI is InChI=1S/C7H6ClN3OS/c1-12-9-4-5-6(8)10-7-11(5)2-3-13-7/h2-4H,1H3/b9-4+. The predicted molar refractivity (Wildman–Crippen MR) is 52.7 cm³/mol. The van der Waals surface area contributed by atoms with Gasteiger partial charge < -0.3 is 4.84 Å². The second-order valence-electron chi connectivity index (χ2n) is 2.26. The molecule has 0 unspecified atom stereocenters. The Hall–Kier alpha value is -1.07. The fourth-order valence-corrected chi connectivity index (χ4v) is 1.99. The molecule has 13 heavy (non-hydrogen) atoms. The van der Waals surface area contributed by atoms with Crippen molar-refractivity contribution in [3.63, 3.8) is 0 Å². The first-order valence-electron chi connectivity index (χ1n) is 3.50. The summed E-state index contributed by atoms with van der Waals surface area (Å²) in [5.41, 5.74) is 0.736. The van der Waals surface area contributed by atoms with Crippen molar-refractivity contribution in [3.8, 4) is 0 Å². The second kappa shape index (κ2) is 3.35. The van der Waals surface area contributed by atoms with Crippen LogP contribution in [0.25, 0.3) is 4.96 Å². The van der Waals surface area contributed by atoms with Crippen LogP contribution < -0.4 is 0 Å². The summed E-state index contributed by atoms with van der Waals surface area (Å²) in [4.78, 5) is 9.54. The van der Waals surface area contributed by atoms with E-state index < -0.39 is 0 Å². The Morgan fingerprint density at radius 1 is 1.77 bits per heavy atom. The lowest BCUT2D eigenvalue weighted by Crippen LogP contribution is -1.88. The van der Waals surface area contributed by atoms with Gasteiger partial charge in [0, 0.05) is 11.6 Å². The molecule has 0 atom stereocenters. The highest BCUT2D eigenvalue weighted by atomic mass is 35.5. The van der Waals surface area contributed by atoms with E-state index >= 15 is 0 Å². The van der Waals surface area contributed by atoms with Gasteiger partial charge in [-0.25, -0.2) is 4.98 Å². The minimum Gasteiger partial charge on any atom is -0.399 e. The summed E-state index contributed by atoms with van der Waals surface area (Å²) in [5.74, 6) is 0. The molecule has 0 aliphatic heterocycles. The third-order valence-electron chi connectivity index (χ3n) is 1.53. The summed E-state index contributed by atoms with van der Waals surface area (Å²) in [6.45, 7) is 0. The average Bonchev–Trinajstić information content (AvgIpc) is 2.62. The molecule has 0 spiro atoms. The third-order valence-corrected chi connectivity index (χ3v) is 2.57. The van der Waals surface area contributed by atoms with Gasteiger partial charge in [-0.15, -0.1) is 11.3 Å². The van der Waals surface area contributed by atoms with E-state index in [-0.39, 0.29) is 0 Å². The molecule has 6 heteroatoms. The number of imidazole rings is 1. The molecule has 2 heterocycles. The van der Waals surface area contributed by atoms with Gasteiger partial charge in [0.2, 0.25) is 0 Å². The van der Waals surface area contributed by atoms with Gasteiger partial charge in [0.1, 0.15) is 12.8 Å². The molecular weight excluding hydrogens is 210 g/mol. The van der Waals surface area contributed by atoms with Crippen molar-refractivity contribution in [1.29, 1.82) is 0 Å². The quantitative estimate of drug-likeness (QED) is 0.568. The monoisotopic (exact) mass is 215 g/mol. The van der Waals surface area contributed by atoms with Gasteiger partial charge in [0.05, 0.1) is 6.21 Å². The van der Waals surface area contributed by atoms with Crippen LogP contribution >= 0.6 is 22.9 Å². The van der Waals surface area contributed by atoms with E-state index in [1.807, 2.05) is 16.0 Å². The Bertz CT molecular complexity index is 447. The van der Waals surface area contributed by atoms with E-state index in [9.17, 15) is 0 Å². The zero-order valence-electron chi connectivity index (χ0n) is 6.77. The Labute approximate surface area is 83.4 Å². The maximum absolute atomic E-state index is 5.87. The highest BCUT2D eigenvalue weighted by molar-refractivity contribution is 7.15. The molecule has 0 saturated heterocycles. The molecular formula is C7H6ClN3OS. The van der Waals surface area contributed by atoms with E-state index in [0.717, 1.165) is 10.7 Å². The molecule has 0 fully saturated rings. The van der Waals surface area contributed by atoms with Crippen LogP contribution in [-0.4, -0.2) is 22.7 Å². The summed E-state index contributed by atoms with van der Waals surface area (Å²) in [6.07, 6.45) is 3.42. The highest BCUT2D eigenvalue weighted by Gasteiger charge is 2.08. The van der Waals surface area contributed by atoms with Crippen molar-refractivity contribution in [1.82, 2.24) is 9.38 Å². The number of thiazole rings is 1. The largest absolute Gasteiger partial charge is 0.399 e. The number of rotatable bonds is 2. The van der Waals surface area contributed by atoms with Crippen LogP contribution in [0.3, 0.4) is 0 Å². The highest BCUT2D eigenvalue weighted by Crippen LogP contribution is 2.19. The lowest BCUT2D eigenvalue weighted by atomic mass is 10.5. The summed E-state index contributed by atoms with van der Waals surface area (Å²) in [6, 6.07) is 0. The number of nitrogens with zero attached hydrogens (tertiary/aromatic N) is 3. The summed E-state index contributed by atoms with van der Waals surface area (Å²) in [7, 11) is 1.48. The number of oxime groups is 1. The van der Waals surface area contributed by atoms with E-state index in [2.05, 4.69) is 15.0 Å². The van der Waals surface area contributed by atoms with Crippen molar-refractivity contribution >= 4 is 34.1 Å². The minimum atomic E-state index is 0.438. The Morgan fingerprint density at radius 2 is 2.62 bits per heavy atom. The minimum absolute atomic E-state index is 0.438. The van der Waals surface area contributed by atoms with Crippen molar-refractivity contribution in [2.45, 2.75) is 0 Å². The van der Waals surface area contributed by atoms with Crippen molar-refractivity contribution in [2.24, 2.45) is 5.16 Å². The summed E-state index contributed by atoms with van der Waals surface area (Å²) in [5, 5.41) is 6.01. The van der Waals surface area contributed by atoms with Gasteiger partial charge in [-0.2, -0.15) is 0 Å². The van der Waals surface area contributed by atoms with Crippen LogP contribution in [0.2, 0.25) is 5.15 Å². The summed E-state index contributed by atoms with van der Waals surface area (Å²) < 4.78 is 1.86. The van der Waals surface area contributed by atoms with E-state index in [4.69, 9.17) is 11.6 Å². The first-order chi connectivity index (χ1) is 6.33. The molecule has 0 bridgehead atoms. The first kappa shape index (κ1) is 8.52. The van der Waals surface area contributed by atoms with Gasteiger partial charge in [0.25, 0.3) is 0 Å². The normalized spacial score (nSPS) is 11.5. The lowest BCUT2D eigenvalue weighted by Gasteiger charge is -1.89. The van der Waals surface area contributed by atoms with Gasteiger partial charge in [-0.05, 0) is 0 Å². The van der Waals surface area contributed by atoms with Crippen LogP contribution in [0.15, 0.2) is 16.7 Å². The van der Waals surface area contributed by atoms with Crippen LogP contribution in [0.1, 0.15) is 5.69 Å². The fraction of sp³-hybridized carbons (Fsp3) is 0.143. The van der Waals surface area contributed by atoms with Crippen LogP contribution in [0, 0.1) is 0 Å². The van der Waals surface area contributed by atoms with E-state index in [1.54, 1.807) is 0 Å². The van der Waals surface area contributed by atoms with E-state index in [1.165, 1.54) is 24.7 Å². The molecule has 0 radical (unpaired) electrons. The van der Waals surface area contributed by atoms with Crippen molar-refractivity contribution in [3.05, 3.63) is 22.4 Å². The molecule has 0 saturated carbocycles. The van der Waals surface area contributed by atoms with Crippen LogP contribution in [0.4, 0.5) is 0 Å². The molecule has 0 aromatic carbocycles. The molecule has 0 aliphatic rings. The lowest BCUT2D eigenvalue weighted by molar-refractivity contribution is 0.215. The molecule has 0 N–H and O–H groups in total. The molecule has 68 valence electrons. The van der Waals surface area contributed by atoms with Crippen molar-refractivity contribution < 1.29 is 4.84 Å². The van der Waals surface area contributed by atoms with Gasteiger partial charge >= 0.3 is 0 Å². The number of hydrogen-bond donors (Lipinski definition) is 0. The molecule has 2 aromatic rings. The number of fused-ring (bicyclic) bond motifs is 1. The number of aromatic nitrogens is 2. The zero-order valence-corrected chi connectivity index (χ0v) is 8.34. The maximum Gasteiger partial charge on any atom is 0.195 e. The maximum atomic E-state index is 5.87. The second-order valence-corrected chi connectivity index (χ2v) is 3.49. The van der Waals surface area contributed by atoms with Gasteiger partial charge in [-0.3, -0.25) is 4.40 Å². The van der Waals surface area contributed by atoms with Crippen molar-refractivity contribution in [2.75, 3.05) is 7.11 Å². The SMILES string of the molecule is CO/N=C/c1c(Cl)nc2sccn12.